The highest BCUT2D eigenvalue weighted by molar-refractivity contribution is 7.90. The van der Waals surface area contributed by atoms with E-state index in [4.69, 9.17) is 4.74 Å². The van der Waals surface area contributed by atoms with Gasteiger partial charge >= 0.3 is 0 Å². The molecule has 7 heteroatoms. The summed E-state index contributed by atoms with van der Waals surface area (Å²) in [4.78, 5) is 4.99. The Kier molecular flexibility index (Phi) is 5.86. The first-order valence-electron chi connectivity index (χ1n) is 10.4. The summed E-state index contributed by atoms with van der Waals surface area (Å²) < 4.78 is 33.8. The van der Waals surface area contributed by atoms with E-state index in [1.54, 1.807) is 24.4 Å². The molecule has 0 atom stereocenters. The Morgan fingerprint density at radius 2 is 1.77 bits per heavy atom. The molecule has 0 radical (unpaired) electrons. The molecule has 1 fully saturated rings. The first-order chi connectivity index (χ1) is 14.3. The number of hydrogen-bond acceptors (Lipinski definition) is 5. The summed E-state index contributed by atoms with van der Waals surface area (Å²) in [6.45, 7) is 8.77. The Morgan fingerprint density at radius 1 is 1.00 bits per heavy atom. The highest BCUT2D eigenvalue weighted by atomic mass is 32.2. The minimum Gasteiger partial charge on any atom is -0.491 e. The number of rotatable bonds is 6. The van der Waals surface area contributed by atoms with Crippen LogP contribution in [0.2, 0.25) is 0 Å². The number of piperazine rings is 1. The molecule has 0 aliphatic carbocycles. The van der Waals surface area contributed by atoms with Crippen LogP contribution in [0.25, 0.3) is 10.9 Å². The zero-order valence-corrected chi connectivity index (χ0v) is 18.6. The van der Waals surface area contributed by atoms with Crippen molar-refractivity contribution in [3.05, 3.63) is 60.3 Å². The predicted molar refractivity (Wildman–Crippen MR) is 120 cm³/mol. The van der Waals surface area contributed by atoms with Gasteiger partial charge in [-0.05, 0) is 62.9 Å². The van der Waals surface area contributed by atoms with Crippen molar-refractivity contribution in [2.24, 2.45) is 0 Å². The minimum atomic E-state index is -3.68. The molecule has 3 aromatic rings. The van der Waals surface area contributed by atoms with Crippen LogP contribution in [0.1, 0.15) is 19.4 Å². The molecule has 1 aliphatic heterocycles. The van der Waals surface area contributed by atoms with Crippen molar-refractivity contribution in [2.75, 3.05) is 33.2 Å². The van der Waals surface area contributed by atoms with Gasteiger partial charge in [-0.3, -0.25) is 4.90 Å². The number of hydrogen-bond donors (Lipinski definition) is 0. The second kappa shape index (κ2) is 8.41. The van der Waals surface area contributed by atoms with E-state index in [1.165, 1.54) is 3.97 Å². The van der Waals surface area contributed by atoms with E-state index in [2.05, 4.69) is 16.8 Å². The van der Waals surface area contributed by atoms with E-state index in [-0.39, 0.29) is 6.10 Å². The molecule has 1 saturated heterocycles. The summed E-state index contributed by atoms with van der Waals surface area (Å²) in [7, 11) is -1.55. The van der Waals surface area contributed by atoms with Crippen molar-refractivity contribution in [1.29, 1.82) is 0 Å². The van der Waals surface area contributed by atoms with E-state index in [0.717, 1.165) is 49.4 Å². The van der Waals surface area contributed by atoms with Crippen molar-refractivity contribution < 1.29 is 13.2 Å². The van der Waals surface area contributed by atoms with Gasteiger partial charge in [0.15, 0.2) is 0 Å². The highest BCUT2D eigenvalue weighted by Gasteiger charge is 2.20. The van der Waals surface area contributed by atoms with Crippen LogP contribution in [-0.4, -0.2) is 61.5 Å². The number of benzene rings is 2. The zero-order valence-electron chi connectivity index (χ0n) is 17.8. The number of fused-ring (bicyclic) bond motifs is 1. The summed E-state index contributed by atoms with van der Waals surface area (Å²) in [5, 5.41) is 0.838. The quantitative estimate of drug-likeness (QED) is 0.603. The van der Waals surface area contributed by atoms with Crippen LogP contribution in [-0.2, 0) is 16.6 Å². The first kappa shape index (κ1) is 20.9. The number of ether oxygens (including phenoxy) is 1. The molecule has 6 nitrogen and oxygen atoms in total. The molecular weight excluding hydrogens is 398 g/mol. The van der Waals surface area contributed by atoms with E-state index < -0.39 is 10.0 Å². The molecule has 1 aromatic heterocycles. The zero-order chi connectivity index (χ0) is 21.3. The second-order valence-corrected chi connectivity index (χ2v) is 10.0. The van der Waals surface area contributed by atoms with Gasteiger partial charge in [0.1, 0.15) is 5.75 Å². The molecule has 0 bridgehead atoms. The van der Waals surface area contributed by atoms with Gasteiger partial charge in [-0.1, -0.05) is 12.1 Å². The number of nitrogens with zero attached hydrogens (tertiary/aromatic N) is 3. The maximum absolute atomic E-state index is 13.4. The predicted octanol–water partition coefficient (Wildman–Crippen LogP) is 3.41. The lowest BCUT2D eigenvalue weighted by molar-refractivity contribution is 0.148. The summed E-state index contributed by atoms with van der Waals surface area (Å²) in [6.07, 6.45) is 1.68. The lowest BCUT2D eigenvalue weighted by Crippen LogP contribution is -2.43. The molecule has 0 spiro atoms. The molecule has 0 unspecified atom stereocenters. The van der Waals surface area contributed by atoms with E-state index in [9.17, 15) is 8.42 Å². The van der Waals surface area contributed by atoms with Crippen LogP contribution >= 0.6 is 0 Å². The fourth-order valence-corrected chi connectivity index (χ4v) is 5.26. The van der Waals surface area contributed by atoms with Crippen LogP contribution in [0, 0.1) is 0 Å². The van der Waals surface area contributed by atoms with Gasteiger partial charge in [-0.25, -0.2) is 12.4 Å². The third-order valence-corrected chi connectivity index (χ3v) is 7.14. The topological polar surface area (TPSA) is 54.8 Å². The van der Waals surface area contributed by atoms with Gasteiger partial charge in [0.05, 0.1) is 16.5 Å². The summed E-state index contributed by atoms with van der Waals surface area (Å²) >= 11 is 0. The maximum Gasteiger partial charge on any atom is 0.268 e. The monoisotopic (exact) mass is 427 g/mol. The molecule has 0 N–H and O–H groups in total. The third-order valence-electron chi connectivity index (χ3n) is 5.46. The lowest BCUT2D eigenvalue weighted by atomic mass is 10.2. The second-order valence-electron chi connectivity index (χ2n) is 8.23. The molecule has 2 heterocycles. The SMILES string of the molecule is CC(C)Oc1ccc2c(ccn2S(=O)(=O)c2cccc(CN3CCN(C)CC3)c2)c1. The molecule has 160 valence electrons. The molecular formula is C23H29N3O3S. The average Bonchev–Trinajstić information content (AvgIpc) is 3.13. The van der Waals surface area contributed by atoms with Crippen LogP contribution < -0.4 is 4.74 Å². The van der Waals surface area contributed by atoms with Crippen molar-refractivity contribution in [2.45, 2.75) is 31.4 Å². The Labute approximate surface area is 178 Å². The van der Waals surface area contributed by atoms with Gasteiger partial charge in [-0.2, -0.15) is 0 Å². The molecule has 0 amide bonds. The van der Waals surface area contributed by atoms with Gasteiger partial charge < -0.3 is 9.64 Å². The van der Waals surface area contributed by atoms with Crippen LogP contribution in [0.5, 0.6) is 5.75 Å². The van der Waals surface area contributed by atoms with E-state index in [1.807, 2.05) is 44.2 Å². The molecule has 0 saturated carbocycles. The number of aromatic nitrogens is 1. The Balaban J connectivity index is 1.60. The normalized spacial score (nSPS) is 16.4. The molecule has 2 aromatic carbocycles. The fourth-order valence-electron chi connectivity index (χ4n) is 3.83. The van der Waals surface area contributed by atoms with E-state index >= 15 is 0 Å². The summed E-state index contributed by atoms with van der Waals surface area (Å²) in [6, 6.07) is 14.6. The van der Waals surface area contributed by atoms with E-state index in [0.29, 0.717) is 10.4 Å². The van der Waals surface area contributed by atoms with Gasteiger partial charge in [0.2, 0.25) is 0 Å². The van der Waals surface area contributed by atoms with Crippen molar-refractivity contribution >= 4 is 20.9 Å². The standard InChI is InChI=1S/C23H29N3O3S/c1-18(2)29-21-7-8-23-20(16-21)9-10-26(23)30(27,28)22-6-4-5-19(15-22)17-25-13-11-24(3)12-14-25/h4-10,15-16,18H,11-14,17H2,1-3H3. The van der Waals surface area contributed by atoms with Gasteiger partial charge in [0, 0.05) is 44.3 Å². The minimum absolute atomic E-state index is 0.0660. The fraction of sp³-hybridized carbons (Fsp3) is 0.391. The lowest BCUT2D eigenvalue weighted by Gasteiger charge is -2.32. The Morgan fingerprint density at radius 3 is 2.50 bits per heavy atom. The smallest absolute Gasteiger partial charge is 0.268 e. The highest BCUT2D eigenvalue weighted by Crippen LogP contribution is 2.27. The molecule has 4 rings (SSSR count). The first-order valence-corrected chi connectivity index (χ1v) is 11.8. The maximum atomic E-state index is 13.4. The van der Waals surface area contributed by atoms with Crippen LogP contribution in [0.15, 0.2) is 59.6 Å². The Hall–Kier alpha value is -2.35. The van der Waals surface area contributed by atoms with Crippen molar-refractivity contribution in [3.8, 4) is 5.75 Å². The summed E-state index contributed by atoms with van der Waals surface area (Å²) in [5.74, 6) is 0.738. The molecule has 1 aliphatic rings. The largest absolute Gasteiger partial charge is 0.491 e. The van der Waals surface area contributed by atoms with Crippen LogP contribution in [0.3, 0.4) is 0 Å². The summed E-state index contributed by atoms with van der Waals surface area (Å²) in [5.41, 5.74) is 1.67. The Bertz CT molecular complexity index is 1130. The van der Waals surface area contributed by atoms with Crippen LogP contribution in [0.4, 0.5) is 0 Å². The van der Waals surface area contributed by atoms with Gasteiger partial charge in [0.25, 0.3) is 10.0 Å². The van der Waals surface area contributed by atoms with Crippen molar-refractivity contribution in [1.82, 2.24) is 13.8 Å². The van der Waals surface area contributed by atoms with Gasteiger partial charge in [-0.15, -0.1) is 0 Å². The number of likely N-dealkylation sites (N-methyl/N-ethyl adjacent to an activating group) is 1. The van der Waals surface area contributed by atoms with Crippen molar-refractivity contribution in [3.63, 3.8) is 0 Å². The third kappa shape index (κ3) is 4.38. The molecule has 30 heavy (non-hydrogen) atoms. The average molecular weight is 428 g/mol.